The van der Waals surface area contributed by atoms with E-state index < -0.39 is 5.00 Å². The molecule has 3 nitrogen and oxygen atoms in total. The van der Waals surface area contributed by atoms with Crippen molar-refractivity contribution in [2.45, 2.75) is 37.0 Å². The highest BCUT2D eigenvalue weighted by Gasteiger charge is 2.41. The summed E-state index contributed by atoms with van der Waals surface area (Å²) in [6.45, 7) is 0.528. The number of nitrogens with one attached hydrogen (secondary N) is 1. The maximum atomic E-state index is 10.5. The molecule has 0 spiro atoms. The minimum Gasteiger partial charge on any atom is -0.370 e. The summed E-state index contributed by atoms with van der Waals surface area (Å²) in [7, 11) is 0. The lowest BCUT2D eigenvalue weighted by molar-refractivity contribution is -0.111. The molecule has 1 aromatic carbocycles. The van der Waals surface area contributed by atoms with E-state index in [0.717, 1.165) is 24.8 Å². The molecular weight excluding hydrogens is 238 g/mol. The van der Waals surface area contributed by atoms with E-state index in [9.17, 15) is 4.79 Å². The predicted molar refractivity (Wildman–Crippen MR) is 66.7 cm³/mol. The fourth-order valence-electron chi connectivity index (χ4n) is 2.18. The fourth-order valence-corrected chi connectivity index (χ4v) is 2.53. The van der Waals surface area contributed by atoms with E-state index in [1.165, 1.54) is 0 Å². The van der Waals surface area contributed by atoms with Crippen molar-refractivity contribution in [1.29, 1.82) is 0 Å². The SMILES string of the molecule is O=CNC1(Cl)CCCC1OCc1ccccc1. The van der Waals surface area contributed by atoms with E-state index in [1.54, 1.807) is 0 Å². The van der Waals surface area contributed by atoms with Crippen LogP contribution in [0.3, 0.4) is 0 Å². The number of hydrogen-bond acceptors (Lipinski definition) is 2. The van der Waals surface area contributed by atoms with E-state index in [-0.39, 0.29) is 6.10 Å². The van der Waals surface area contributed by atoms with E-state index in [2.05, 4.69) is 5.32 Å². The number of amides is 1. The van der Waals surface area contributed by atoms with Crippen LogP contribution in [0.2, 0.25) is 0 Å². The van der Waals surface area contributed by atoms with Crippen LogP contribution in [0.5, 0.6) is 0 Å². The van der Waals surface area contributed by atoms with Crippen LogP contribution in [0, 0.1) is 0 Å². The van der Waals surface area contributed by atoms with Gasteiger partial charge in [0.1, 0.15) is 5.00 Å². The third-order valence-corrected chi connectivity index (χ3v) is 3.65. The zero-order chi connectivity index (χ0) is 12.1. The first-order valence-corrected chi connectivity index (χ1v) is 6.18. The van der Waals surface area contributed by atoms with Gasteiger partial charge in [-0.2, -0.15) is 0 Å². The normalized spacial score (nSPS) is 27.9. The number of alkyl halides is 1. The molecule has 1 amide bonds. The van der Waals surface area contributed by atoms with Gasteiger partial charge in [-0.1, -0.05) is 41.9 Å². The van der Waals surface area contributed by atoms with Crippen LogP contribution in [-0.2, 0) is 16.1 Å². The van der Waals surface area contributed by atoms with Crippen LogP contribution in [0.4, 0.5) is 0 Å². The molecule has 17 heavy (non-hydrogen) atoms. The maximum absolute atomic E-state index is 10.5. The highest BCUT2D eigenvalue weighted by Crippen LogP contribution is 2.36. The van der Waals surface area contributed by atoms with Crippen LogP contribution < -0.4 is 5.32 Å². The van der Waals surface area contributed by atoms with E-state index >= 15 is 0 Å². The Kier molecular flexibility index (Phi) is 4.02. The molecular formula is C13H16ClNO2. The Morgan fingerprint density at radius 2 is 2.24 bits per heavy atom. The molecule has 0 radical (unpaired) electrons. The lowest BCUT2D eigenvalue weighted by Crippen LogP contribution is -2.46. The summed E-state index contributed by atoms with van der Waals surface area (Å²) in [6, 6.07) is 9.95. The minimum atomic E-state index is -0.726. The van der Waals surface area contributed by atoms with Gasteiger partial charge >= 0.3 is 0 Å². The van der Waals surface area contributed by atoms with Crippen molar-refractivity contribution in [3.63, 3.8) is 0 Å². The van der Waals surface area contributed by atoms with Crippen molar-refractivity contribution in [3.05, 3.63) is 35.9 Å². The topological polar surface area (TPSA) is 38.3 Å². The van der Waals surface area contributed by atoms with Crippen molar-refractivity contribution >= 4 is 18.0 Å². The first-order valence-electron chi connectivity index (χ1n) is 5.80. The third-order valence-electron chi connectivity index (χ3n) is 3.11. The van der Waals surface area contributed by atoms with E-state index in [4.69, 9.17) is 16.3 Å². The van der Waals surface area contributed by atoms with Gasteiger partial charge < -0.3 is 10.1 Å². The molecule has 1 N–H and O–H groups in total. The first-order chi connectivity index (χ1) is 8.24. The molecule has 0 heterocycles. The minimum absolute atomic E-state index is 0.116. The maximum Gasteiger partial charge on any atom is 0.208 e. The molecule has 2 rings (SSSR count). The Labute approximate surface area is 106 Å². The fraction of sp³-hybridized carbons (Fsp3) is 0.462. The Bertz CT molecular complexity index is 371. The van der Waals surface area contributed by atoms with Crippen LogP contribution >= 0.6 is 11.6 Å². The van der Waals surface area contributed by atoms with Gasteiger partial charge in [-0.05, 0) is 24.8 Å². The summed E-state index contributed by atoms with van der Waals surface area (Å²) in [5, 5.41) is 2.67. The quantitative estimate of drug-likeness (QED) is 0.497. The molecule has 0 aliphatic heterocycles. The molecule has 4 heteroatoms. The standard InChI is InChI=1S/C13H16ClNO2/c14-13(15-10-16)8-4-7-12(13)17-9-11-5-2-1-3-6-11/h1-3,5-6,10,12H,4,7-9H2,(H,15,16). The van der Waals surface area contributed by atoms with Crippen molar-refractivity contribution in [2.24, 2.45) is 0 Å². The largest absolute Gasteiger partial charge is 0.370 e. The van der Waals surface area contributed by atoms with E-state index in [1.807, 2.05) is 30.3 Å². The van der Waals surface area contributed by atoms with Gasteiger partial charge in [0.2, 0.25) is 6.41 Å². The molecule has 0 aromatic heterocycles. The monoisotopic (exact) mass is 253 g/mol. The van der Waals surface area contributed by atoms with Crippen molar-refractivity contribution in [3.8, 4) is 0 Å². The highest BCUT2D eigenvalue weighted by atomic mass is 35.5. The van der Waals surface area contributed by atoms with Crippen LogP contribution in [0.15, 0.2) is 30.3 Å². The number of carbonyl (C=O) groups is 1. The molecule has 1 aliphatic rings. The first kappa shape index (κ1) is 12.4. The number of ether oxygens (including phenoxy) is 1. The molecule has 2 atom stereocenters. The zero-order valence-corrected chi connectivity index (χ0v) is 10.3. The number of hydrogen-bond donors (Lipinski definition) is 1. The molecule has 1 fully saturated rings. The van der Waals surface area contributed by atoms with Crippen molar-refractivity contribution < 1.29 is 9.53 Å². The molecule has 1 aliphatic carbocycles. The summed E-state index contributed by atoms with van der Waals surface area (Å²) >= 11 is 6.34. The van der Waals surface area contributed by atoms with Gasteiger partial charge in [-0.3, -0.25) is 4.79 Å². The van der Waals surface area contributed by atoms with Gasteiger partial charge in [0.25, 0.3) is 0 Å². The Hall–Kier alpha value is -1.06. The van der Waals surface area contributed by atoms with Crippen LogP contribution in [0.1, 0.15) is 24.8 Å². The van der Waals surface area contributed by atoms with Crippen molar-refractivity contribution in [1.82, 2.24) is 5.32 Å². The molecule has 2 unspecified atom stereocenters. The van der Waals surface area contributed by atoms with Gasteiger partial charge in [0.05, 0.1) is 12.7 Å². The summed E-state index contributed by atoms with van der Waals surface area (Å²) in [5.74, 6) is 0. The molecule has 0 bridgehead atoms. The van der Waals surface area contributed by atoms with Crippen LogP contribution in [-0.4, -0.2) is 17.5 Å². The van der Waals surface area contributed by atoms with Gasteiger partial charge in [0.15, 0.2) is 0 Å². The molecule has 1 aromatic rings. The highest BCUT2D eigenvalue weighted by molar-refractivity contribution is 6.24. The zero-order valence-electron chi connectivity index (χ0n) is 9.56. The smallest absolute Gasteiger partial charge is 0.208 e. The molecule has 1 saturated carbocycles. The second kappa shape index (κ2) is 5.52. The molecule has 0 saturated heterocycles. The summed E-state index contributed by atoms with van der Waals surface area (Å²) in [6.07, 6.45) is 3.15. The average Bonchev–Trinajstić information content (AvgIpc) is 2.70. The van der Waals surface area contributed by atoms with Crippen molar-refractivity contribution in [2.75, 3.05) is 0 Å². The Balaban J connectivity index is 1.92. The number of carbonyl (C=O) groups excluding carboxylic acids is 1. The van der Waals surface area contributed by atoms with Gasteiger partial charge in [0, 0.05) is 0 Å². The number of rotatable bonds is 5. The molecule has 92 valence electrons. The van der Waals surface area contributed by atoms with Gasteiger partial charge in [-0.25, -0.2) is 0 Å². The number of benzene rings is 1. The lowest BCUT2D eigenvalue weighted by atomic mass is 10.2. The third kappa shape index (κ3) is 2.99. The number of halogens is 1. The Morgan fingerprint density at radius 3 is 2.94 bits per heavy atom. The van der Waals surface area contributed by atoms with Gasteiger partial charge in [-0.15, -0.1) is 0 Å². The van der Waals surface area contributed by atoms with E-state index in [0.29, 0.717) is 13.0 Å². The lowest BCUT2D eigenvalue weighted by Gasteiger charge is -2.28. The predicted octanol–water partition coefficient (Wildman–Crippen LogP) is 2.44. The average molecular weight is 254 g/mol. The summed E-state index contributed by atoms with van der Waals surface area (Å²) < 4.78 is 5.80. The van der Waals surface area contributed by atoms with Crippen LogP contribution in [0.25, 0.3) is 0 Å². The Morgan fingerprint density at radius 1 is 1.47 bits per heavy atom. The second-order valence-corrected chi connectivity index (χ2v) is 4.98. The summed E-state index contributed by atoms with van der Waals surface area (Å²) in [5.41, 5.74) is 1.12. The summed E-state index contributed by atoms with van der Waals surface area (Å²) in [4.78, 5) is 9.81. The second-order valence-electron chi connectivity index (χ2n) is 4.30.